The highest BCUT2D eigenvalue weighted by Gasteiger charge is 2.38. The van der Waals surface area contributed by atoms with Crippen LogP contribution in [0.5, 0.6) is 0 Å². The average Bonchev–Trinajstić information content (AvgIpc) is 2.91. The van der Waals surface area contributed by atoms with Crippen LogP contribution < -0.4 is 10.8 Å². The fourth-order valence-electron chi connectivity index (χ4n) is 2.14. The van der Waals surface area contributed by atoms with Gasteiger partial charge < -0.3 is 5.32 Å². The maximum atomic E-state index is 5.66. The molecular weight excluding hydrogens is 188 g/mol. The van der Waals surface area contributed by atoms with Gasteiger partial charge in [-0.2, -0.15) is 0 Å². The third-order valence-corrected chi connectivity index (χ3v) is 3.01. The Labute approximate surface area is 89.1 Å². The lowest BCUT2D eigenvalue weighted by Gasteiger charge is -2.16. The van der Waals surface area contributed by atoms with Crippen LogP contribution in [0, 0.1) is 0 Å². The highest BCUT2D eigenvalue weighted by atomic mass is 16.7. The zero-order valence-electron chi connectivity index (χ0n) is 8.49. The molecule has 1 aromatic carbocycles. The van der Waals surface area contributed by atoms with E-state index < -0.39 is 0 Å². The molecule has 78 valence electrons. The standard InChI is InChI=1S/C12H14N2O/c1-2-4-10(5-3-1)11-8-12(15-14-11)6-7-13-9-12/h1-5,8,13-14H,6-7,9H2. The summed E-state index contributed by atoms with van der Waals surface area (Å²) < 4.78 is 0. The van der Waals surface area contributed by atoms with Crippen LogP contribution in [-0.4, -0.2) is 18.7 Å². The zero-order chi connectivity index (χ0) is 10.1. The number of benzene rings is 1. The summed E-state index contributed by atoms with van der Waals surface area (Å²) in [6.07, 6.45) is 3.23. The van der Waals surface area contributed by atoms with E-state index in [1.807, 2.05) is 18.2 Å². The van der Waals surface area contributed by atoms with E-state index in [4.69, 9.17) is 4.84 Å². The first kappa shape index (κ1) is 8.95. The lowest BCUT2D eigenvalue weighted by atomic mass is 10.0. The first-order valence-corrected chi connectivity index (χ1v) is 5.31. The Morgan fingerprint density at radius 3 is 2.80 bits per heavy atom. The molecule has 2 N–H and O–H groups in total. The Bertz CT molecular complexity index is 380. The van der Waals surface area contributed by atoms with E-state index in [9.17, 15) is 0 Å². The Kier molecular flexibility index (Phi) is 2.01. The number of hydrogen-bond donors (Lipinski definition) is 2. The molecule has 0 bridgehead atoms. The van der Waals surface area contributed by atoms with Crippen molar-refractivity contribution in [3.05, 3.63) is 42.0 Å². The molecule has 1 saturated heterocycles. The van der Waals surface area contributed by atoms with Crippen LogP contribution in [0.4, 0.5) is 0 Å². The summed E-state index contributed by atoms with van der Waals surface area (Å²) in [5, 5.41) is 3.32. The first-order chi connectivity index (χ1) is 7.38. The second-order valence-corrected chi connectivity index (χ2v) is 4.12. The second-order valence-electron chi connectivity index (χ2n) is 4.12. The molecule has 1 unspecified atom stereocenters. The molecule has 3 rings (SSSR count). The van der Waals surface area contributed by atoms with Crippen molar-refractivity contribution in [1.82, 2.24) is 10.8 Å². The SMILES string of the molecule is C1=C(c2ccccc2)NOC12CCNC2. The van der Waals surface area contributed by atoms with Crippen molar-refractivity contribution in [2.24, 2.45) is 0 Å². The monoisotopic (exact) mass is 202 g/mol. The molecule has 3 heteroatoms. The molecule has 2 heterocycles. The lowest BCUT2D eigenvalue weighted by Crippen LogP contribution is -2.31. The van der Waals surface area contributed by atoms with Crippen molar-refractivity contribution < 1.29 is 4.84 Å². The summed E-state index contributed by atoms with van der Waals surface area (Å²) in [5.74, 6) is 0. The smallest absolute Gasteiger partial charge is 0.130 e. The molecule has 1 spiro atoms. The molecule has 2 aliphatic heterocycles. The first-order valence-electron chi connectivity index (χ1n) is 5.31. The number of hydroxylamine groups is 1. The van der Waals surface area contributed by atoms with Gasteiger partial charge in [0.05, 0.1) is 5.70 Å². The molecule has 1 aromatic rings. The Hall–Kier alpha value is -1.32. The van der Waals surface area contributed by atoms with Gasteiger partial charge in [0, 0.05) is 6.54 Å². The largest absolute Gasteiger partial charge is 0.313 e. The van der Waals surface area contributed by atoms with Crippen molar-refractivity contribution in [3.8, 4) is 0 Å². The van der Waals surface area contributed by atoms with Crippen molar-refractivity contribution in [2.45, 2.75) is 12.0 Å². The molecule has 1 fully saturated rings. The van der Waals surface area contributed by atoms with Gasteiger partial charge in [0.25, 0.3) is 0 Å². The zero-order valence-corrected chi connectivity index (χ0v) is 8.49. The van der Waals surface area contributed by atoms with Crippen LogP contribution in [-0.2, 0) is 4.84 Å². The molecule has 0 aliphatic carbocycles. The Morgan fingerprint density at radius 1 is 1.20 bits per heavy atom. The van der Waals surface area contributed by atoms with Gasteiger partial charge in [0.2, 0.25) is 0 Å². The van der Waals surface area contributed by atoms with Gasteiger partial charge >= 0.3 is 0 Å². The van der Waals surface area contributed by atoms with Crippen LogP contribution in [0.2, 0.25) is 0 Å². The molecule has 0 radical (unpaired) electrons. The quantitative estimate of drug-likeness (QED) is 0.720. The van der Waals surface area contributed by atoms with E-state index >= 15 is 0 Å². The fraction of sp³-hybridized carbons (Fsp3) is 0.333. The van der Waals surface area contributed by atoms with Gasteiger partial charge in [-0.1, -0.05) is 30.3 Å². The third kappa shape index (κ3) is 1.54. The molecule has 3 nitrogen and oxygen atoms in total. The van der Waals surface area contributed by atoms with E-state index in [0.29, 0.717) is 0 Å². The summed E-state index contributed by atoms with van der Waals surface area (Å²) in [4.78, 5) is 5.66. The van der Waals surface area contributed by atoms with E-state index in [0.717, 1.165) is 25.2 Å². The molecule has 0 saturated carbocycles. The van der Waals surface area contributed by atoms with Crippen LogP contribution in [0.15, 0.2) is 36.4 Å². The van der Waals surface area contributed by atoms with Crippen molar-refractivity contribution in [1.29, 1.82) is 0 Å². The summed E-state index contributed by atoms with van der Waals surface area (Å²) in [6, 6.07) is 10.3. The normalized spacial score (nSPS) is 29.2. The topological polar surface area (TPSA) is 33.3 Å². The van der Waals surface area contributed by atoms with Gasteiger partial charge in [-0.25, -0.2) is 0 Å². The van der Waals surface area contributed by atoms with Crippen LogP contribution in [0.25, 0.3) is 5.70 Å². The second kappa shape index (κ2) is 3.36. The Balaban J connectivity index is 1.90. The van der Waals surface area contributed by atoms with Gasteiger partial charge in [-0.3, -0.25) is 10.3 Å². The van der Waals surface area contributed by atoms with Gasteiger partial charge in [0.15, 0.2) is 0 Å². The van der Waals surface area contributed by atoms with E-state index in [2.05, 4.69) is 29.0 Å². The van der Waals surface area contributed by atoms with Crippen molar-refractivity contribution in [3.63, 3.8) is 0 Å². The van der Waals surface area contributed by atoms with Crippen LogP contribution in [0.3, 0.4) is 0 Å². The maximum Gasteiger partial charge on any atom is 0.130 e. The minimum Gasteiger partial charge on any atom is -0.313 e. The van der Waals surface area contributed by atoms with E-state index in [-0.39, 0.29) is 5.60 Å². The number of hydrogen-bond acceptors (Lipinski definition) is 3. The highest BCUT2D eigenvalue weighted by molar-refractivity contribution is 5.65. The van der Waals surface area contributed by atoms with Crippen molar-refractivity contribution >= 4 is 5.70 Å². The summed E-state index contributed by atoms with van der Waals surface area (Å²) in [6.45, 7) is 1.93. The van der Waals surface area contributed by atoms with Crippen molar-refractivity contribution in [2.75, 3.05) is 13.1 Å². The molecular formula is C12H14N2O. The van der Waals surface area contributed by atoms with Gasteiger partial charge in [-0.05, 0) is 24.6 Å². The Morgan fingerprint density at radius 2 is 2.07 bits per heavy atom. The number of nitrogens with one attached hydrogen (secondary N) is 2. The third-order valence-electron chi connectivity index (χ3n) is 3.01. The minimum atomic E-state index is -0.120. The summed E-state index contributed by atoms with van der Waals surface area (Å²) in [5.41, 5.74) is 5.17. The predicted molar refractivity (Wildman–Crippen MR) is 58.9 cm³/mol. The van der Waals surface area contributed by atoms with Gasteiger partial charge in [-0.15, -0.1) is 0 Å². The van der Waals surface area contributed by atoms with Crippen LogP contribution in [0.1, 0.15) is 12.0 Å². The number of rotatable bonds is 1. The summed E-state index contributed by atoms with van der Waals surface area (Å²) in [7, 11) is 0. The van der Waals surface area contributed by atoms with Gasteiger partial charge in [0.1, 0.15) is 5.60 Å². The minimum absolute atomic E-state index is 0.120. The van der Waals surface area contributed by atoms with E-state index in [1.165, 1.54) is 5.56 Å². The van der Waals surface area contributed by atoms with Crippen LogP contribution >= 0.6 is 0 Å². The van der Waals surface area contributed by atoms with E-state index in [1.54, 1.807) is 0 Å². The predicted octanol–water partition coefficient (Wildman–Crippen LogP) is 1.29. The highest BCUT2D eigenvalue weighted by Crippen LogP contribution is 2.30. The molecule has 1 atom stereocenters. The molecule has 0 amide bonds. The molecule has 0 aromatic heterocycles. The fourth-order valence-corrected chi connectivity index (χ4v) is 2.14. The molecule has 2 aliphatic rings. The summed E-state index contributed by atoms with van der Waals surface area (Å²) >= 11 is 0. The molecule has 15 heavy (non-hydrogen) atoms. The lowest BCUT2D eigenvalue weighted by molar-refractivity contribution is -0.0200. The average molecular weight is 202 g/mol. The maximum absolute atomic E-state index is 5.66.